The second-order valence-corrected chi connectivity index (χ2v) is 4.52. The quantitative estimate of drug-likeness (QED) is 0.867. The minimum atomic E-state index is 0.212. The van der Waals surface area contributed by atoms with E-state index in [2.05, 4.69) is 41.7 Å². The smallest absolute Gasteiger partial charge is 0.119 e. The highest BCUT2D eigenvalue weighted by Crippen LogP contribution is 2.25. The highest BCUT2D eigenvalue weighted by atomic mass is 16.5. The van der Waals surface area contributed by atoms with Crippen LogP contribution in [0.15, 0.2) is 48.5 Å². The van der Waals surface area contributed by atoms with E-state index >= 15 is 0 Å². The zero-order valence-electron chi connectivity index (χ0n) is 11.1. The first-order valence-corrected chi connectivity index (χ1v) is 6.24. The first-order valence-electron chi connectivity index (χ1n) is 6.24. The van der Waals surface area contributed by atoms with Crippen molar-refractivity contribution >= 4 is 5.69 Å². The molecule has 2 rings (SSSR count). The molecule has 0 unspecified atom stereocenters. The molecule has 0 fully saturated rings. The number of hydrogen-bond acceptors (Lipinski definition) is 2. The number of rotatable bonds is 4. The van der Waals surface area contributed by atoms with Gasteiger partial charge in [0, 0.05) is 12.7 Å². The molecule has 1 N–H and O–H groups in total. The maximum atomic E-state index is 5.64. The van der Waals surface area contributed by atoms with Gasteiger partial charge < -0.3 is 10.1 Å². The van der Waals surface area contributed by atoms with Crippen molar-refractivity contribution in [3.63, 3.8) is 0 Å². The van der Waals surface area contributed by atoms with Crippen molar-refractivity contribution in [1.82, 2.24) is 0 Å². The lowest BCUT2D eigenvalue weighted by Gasteiger charge is -2.10. The van der Waals surface area contributed by atoms with Crippen LogP contribution in [0.2, 0.25) is 0 Å². The second-order valence-electron chi connectivity index (χ2n) is 4.52. The molecule has 2 nitrogen and oxygen atoms in total. The first kappa shape index (κ1) is 12.5. The Morgan fingerprint density at radius 2 is 1.67 bits per heavy atom. The van der Waals surface area contributed by atoms with Gasteiger partial charge in [-0.1, -0.05) is 24.3 Å². The predicted octanol–water partition coefficient (Wildman–Crippen LogP) is 4.18. The van der Waals surface area contributed by atoms with Crippen molar-refractivity contribution in [2.24, 2.45) is 0 Å². The molecule has 0 saturated carbocycles. The van der Waals surface area contributed by atoms with E-state index in [1.807, 2.05) is 33.0 Å². The minimum Gasteiger partial charge on any atom is -0.491 e. The molecular weight excluding hydrogens is 222 g/mol. The van der Waals surface area contributed by atoms with Crippen LogP contribution in [-0.4, -0.2) is 13.2 Å². The normalized spacial score (nSPS) is 10.4. The van der Waals surface area contributed by atoms with Gasteiger partial charge in [-0.3, -0.25) is 0 Å². The van der Waals surface area contributed by atoms with Crippen molar-refractivity contribution in [1.29, 1.82) is 0 Å². The summed E-state index contributed by atoms with van der Waals surface area (Å²) in [5.74, 6) is 0.915. The molecule has 0 heterocycles. The van der Waals surface area contributed by atoms with Crippen LogP contribution in [-0.2, 0) is 0 Å². The van der Waals surface area contributed by atoms with Gasteiger partial charge in [-0.25, -0.2) is 0 Å². The van der Waals surface area contributed by atoms with Crippen molar-refractivity contribution in [3.8, 4) is 16.9 Å². The summed E-state index contributed by atoms with van der Waals surface area (Å²) in [5, 5.41) is 3.15. The van der Waals surface area contributed by atoms with Gasteiger partial charge in [0.1, 0.15) is 5.75 Å². The summed E-state index contributed by atoms with van der Waals surface area (Å²) in [6, 6.07) is 16.6. The molecule has 0 aliphatic heterocycles. The van der Waals surface area contributed by atoms with Gasteiger partial charge >= 0.3 is 0 Å². The SMILES string of the molecule is CNc1cccc(-c2ccc(OC(C)C)cc2)c1. The summed E-state index contributed by atoms with van der Waals surface area (Å²) in [5.41, 5.74) is 3.52. The molecule has 0 aliphatic carbocycles. The van der Waals surface area contributed by atoms with E-state index in [0.29, 0.717) is 0 Å². The number of anilines is 1. The van der Waals surface area contributed by atoms with E-state index < -0.39 is 0 Å². The highest BCUT2D eigenvalue weighted by Gasteiger charge is 2.01. The number of hydrogen-bond donors (Lipinski definition) is 1. The maximum absolute atomic E-state index is 5.64. The predicted molar refractivity (Wildman–Crippen MR) is 77.2 cm³/mol. The molecule has 0 saturated heterocycles. The molecule has 0 radical (unpaired) electrons. The summed E-state index contributed by atoms with van der Waals surface area (Å²) in [7, 11) is 1.93. The summed E-state index contributed by atoms with van der Waals surface area (Å²) >= 11 is 0. The fourth-order valence-corrected chi connectivity index (χ4v) is 1.85. The molecular formula is C16H19NO. The van der Waals surface area contributed by atoms with E-state index in [0.717, 1.165) is 11.4 Å². The van der Waals surface area contributed by atoms with Gasteiger partial charge in [0.2, 0.25) is 0 Å². The Morgan fingerprint density at radius 1 is 0.944 bits per heavy atom. The third-order valence-corrected chi connectivity index (χ3v) is 2.71. The van der Waals surface area contributed by atoms with Crippen molar-refractivity contribution in [3.05, 3.63) is 48.5 Å². The van der Waals surface area contributed by atoms with E-state index in [9.17, 15) is 0 Å². The van der Waals surface area contributed by atoms with Crippen LogP contribution in [0.25, 0.3) is 11.1 Å². The summed E-state index contributed by atoms with van der Waals surface area (Å²) < 4.78 is 5.64. The third kappa shape index (κ3) is 3.04. The molecule has 2 heteroatoms. The molecule has 0 aliphatic rings. The fraction of sp³-hybridized carbons (Fsp3) is 0.250. The van der Waals surface area contributed by atoms with Crippen LogP contribution in [0.5, 0.6) is 5.75 Å². The summed E-state index contributed by atoms with van der Waals surface area (Å²) in [4.78, 5) is 0. The van der Waals surface area contributed by atoms with Crippen LogP contribution in [0.3, 0.4) is 0 Å². The van der Waals surface area contributed by atoms with Gasteiger partial charge in [0.15, 0.2) is 0 Å². The molecule has 0 aromatic heterocycles. The Morgan fingerprint density at radius 3 is 2.28 bits per heavy atom. The maximum Gasteiger partial charge on any atom is 0.119 e. The lowest BCUT2D eigenvalue weighted by atomic mass is 10.1. The lowest BCUT2D eigenvalue weighted by Crippen LogP contribution is -2.05. The van der Waals surface area contributed by atoms with Crippen LogP contribution in [0.4, 0.5) is 5.69 Å². The number of nitrogens with one attached hydrogen (secondary N) is 1. The van der Waals surface area contributed by atoms with Gasteiger partial charge in [-0.15, -0.1) is 0 Å². The van der Waals surface area contributed by atoms with Crippen molar-refractivity contribution < 1.29 is 4.74 Å². The summed E-state index contributed by atoms with van der Waals surface area (Å²) in [6.45, 7) is 4.06. The van der Waals surface area contributed by atoms with Crippen LogP contribution < -0.4 is 10.1 Å². The largest absolute Gasteiger partial charge is 0.491 e. The molecule has 0 amide bonds. The molecule has 94 valence electrons. The fourth-order valence-electron chi connectivity index (χ4n) is 1.85. The Balaban J connectivity index is 2.22. The van der Waals surface area contributed by atoms with Gasteiger partial charge in [0.25, 0.3) is 0 Å². The van der Waals surface area contributed by atoms with Crippen LogP contribution in [0.1, 0.15) is 13.8 Å². The average Bonchev–Trinajstić information content (AvgIpc) is 2.39. The van der Waals surface area contributed by atoms with Crippen LogP contribution in [0, 0.1) is 0 Å². The molecule has 0 spiro atoms. The van der Waals surface area contributed by atoms with Crippen molar-refractivity contribution in [2.75, 3.05) is 12.4 Å². The van der Waals surface area contributed by atoms with Gasteiger partial charge in [-0.05, 0) is 49.2 Å². The molecule has 0 atom stereocenters. The molecule has 2 aromatic carbocycles. The minimum absolute atomic E-state index is 0.212. The Bertz CT molecular complexity index is 503. The standard InChI is InChI=1S/C16H19NO/c1-12(2)18-16-9-7-13(8-10-16)14-5-4-6-15(11-14)17-3/h4-12,17H,1-3H3. The second kappa shape index (κ2) is 5.58. The average molecular weight is 241 g/mol. The molecule has 0 bridgehead atoms. The van der Waals surface area contributed by atoms with Crippen LogP contribution >= 0.6 is 0 Å². The number of benzene rings is 2. The first-order chi connectivity index (χ1) is 8.69. The number of ether oxygens (including phenoxy) is 1. The topological polar surface area (TPSA) is 21.3 Å². The zero-order valence-corrected chi connectivity index (χ0v) is 11.1. The monoisotopic (exact) mass is 241 g/mol. The van der Waals surface area contributed by atoms with E-state index in [1.165, 1.54) is 11.1 Å². The lowest BCUT2D eigenvalue weighted by molar-refractivity contribution is 0.242. The van der Waals surface area contributed by atoms with Gasteiger partial charge in [-0.2, -0.15) is 0 Å². The Hall–Kier alpha value is -1.96. The zero-order chi connectivity index (χ0) is 13.0. The van der Waals surface area contributed by atoms with Crippen molar-refractivity contribution in [2.45, 2.75) is 20.0 Å². The van der Waals surface area contributed by atoms with E-state index in [-0.39, 0.29) is 6.10 Å². The molecule has 2 aromatic rings. The summed E-state index contributed by atoms with van der Waals surface area (Å²) in [6.07, 6.45) is 0.212. The van der Waals surface area contributed by atoms with E-state index in [4.69, 9.17) is 4.74 Å². The highest BCUT2D eigenvalue weighted by molar-refractivity contribution is 5.68. The third-order valence-electron chi connectivity index (χ3n) is 2.71. The molecule has 18 heavy (non-hydrogen) atoms. The van der Waals surface area contributed by atoms with Gasteiger partial charge in [0.05, 0.1) is 6.10 Å². The van der Waals surface area contributed by atoms with E-state index in [1.54, 1.807) is 0 Å². The Kier molecular flexibility index (Phi) is 3.88. The Labute approximate surface area is 109 Å².